The highest BCUT2D eigenvalue weighted by Crippen LogP contribution is 2.27. The van der Waals surface area contributed by atoms with Crippen molar-refractivity contribution >= 4 is 37.3 Å². The highest BCUT2D eigenvalue weighted by atomic mass is 79.9. The molecule has 0 radical (unpaired) electrons. The number of rotatable bonds is 9. The van der Waals surface area contributed by atoms with Gasteiger partial charge in [0, 0.05) is 11.0 Å². The SMILES string of the molecule is CCCCCCCCNS(=O)(=O)c1sccc1Br. The van der Waals surface area contributed by atoms with Crippen LogP contribution in [0, 0.1) is 0 Å². The lowest BCUT2D eigenvalue weighted by Gasteiger charge is -2.05. The van der Waals surface area contributed by atoms with Gasteiger partial charge >= 0.3 is 0 Å². The van der Waals surface area contributed by atoms with Gasteiger partial charge in [0.25, 0.3) is 10.0 Å². The molecule has 1 aromatic rings. The molecule has 0 spiro atoms. The first-order valence-electron chi connectivity index (χ1n) is 6.30. The fraction of sp³-hybridized carbons (Fsp3) is 0.667. The largest absolute Gasteiger partial charge is 0.251 e. The van der Waals surface area contributed by atoms with Crippen LogP contribution in [-0.2, 0) is 10.0 Å². The van der Waals surface area contributed by atoms with Crippen LogP contribution in [0.15, 0.2) is 20.1 Å². The van der Waals surface area contributed by atoms with Crippen LogP contribution < -0.4 is 4.72 Å². The second-order valence-corrected chi connectivity index (χ2v) is 7.95. The molecule has 0 saturated heterocycles. The summed E-state index contributed by atoms with van der Waals surface area (Å²) in [5.41, 5.74) is 0. The normalized spacial score (nSPS) is 11.9. The standard InChI is InChI=1S/C12H20BrNO2S2/c1-2-3-4-5-6-7-9-14-18(15,16)12-11(13)8-10-17-12/h8,10,14H,2-7,9H2,1H3. The molecule has 3 nitrogen and oxygen atoms in total. The van der Waals surface area contributed by atoms with E-state index < -0.39 is 10.0 Å². The van der Waals surface area contributed by atoms with E-state index >= 15 is 0 Å². The fourth-order valence-corrected chi connectivity index (χ4v) is 5.10. The van der Waals surface area contributed by atoms with Gasteiger partial charge in [0.1, 0.15) is 4.21 Å². The van der Waals surface area contributed by atoms with Crippen LogP contribution in [0.1, 0.15) is 45.4 Å². The van der Waals surface area contributed by atoms with Crippen LogP contribution >= 0.6 is 27.3 Å². The second kappa shape index (κ2) is 8.30. The summed E-state index contributed by atoms with van der Waals surface area (Å²) in [6.45, 7) is 2.71. The second-order valence-electron chi connectivity index (χ2n) is 4.22. The molecule has 1 heterocycles. The smallest absolute Gasteiger partial charge is 0.210 e. The first-order valence-corrected chi connectivity index (χ1v) is 9.46. The summed E-state index contributed by atoms with van der Waals surface area (Å²) in [5.74, 6) is 0. The van der Waals surface area contributed by atoms with Gasteiger partial charge in [-0.2, -0.15) is 0 Å². The molecule has 0 aromatic carbocycles. The zero-order valence-corrected chi connectivity index (χ0v) is 13.8. The van der Waals surface area contributed by atoms with Crippen LogP contribution in [0.25, 0.3) is 0 Å². The van der Waals surface area contributed by atoms with Crippen molar-refractivity contribution in [2.45, 2.75) is 49.7 Å². The predicted octanol–water partition coefficient (Wildman–Crippen LogP) is 4.15. The molecular formula is C12H20BrNO2S2. The minimum Gasteiger partial charge on any atom is -0.210 e. The molecule has 0 saturated carbocycles. The Morgan fingerprint density at radius 3 is 2.50 bits per heavy atom. The van der Waals surface area contributed by atoms with Crippen LogP contribution in [0.5, 0.6) is 0 Å². The van der Waals surface area contributed by atoms with Gasteiger partial charge in [-0.15, -0.1) is 11.3 Å². The Bertz CT molecular complexity index is 443. The Hall–Kier alpha value is 0.0900. The molecule has 0 amide bonds. The van der Waals surface area contributed by atoms with Gasteiger partial charge in [0.15, 0.2) is 0 Å². The lowest BCUT2D eigenvalue weighted by atomic mass is 10.1. The van der Waals surface area contributed by atoms with Crippen LogP contribution in [-0.4, -0.2) is 15.0 Å². The van der Waals surface area contributed by atoms with Crippen molar-refractivity contribution in [2.24, 2.45) is 0 Å². The minimum absolute atomic E-state index is 0.369. The third-order valence-corrected chi connectivity index (χ3v) is 6.78. The minimum atomic E-state index is -3.32. The van der Waals surface area contributed by atoms with E-state index in [1.165, 1.54) is 37.0 Å². The third kappa shape index (κ3) is 5.38. The van der Waals surface area contributed by atoms with E-state index in [2.05, 4.69) is 27.6 Å². The van der Waals surface area contributed by atoms with Gasteiger partial charge in [-0.1, -0.05) is 39.0 Å². The topological polar surface area (TPSA) is 46.2 Å². The lowest BCUT2D eigenvalue weighted by Crippen LogP contribution is -2.24. The van der Waals surface area contributed by atoms with Crippen LogP contribution in [0.3, 0.4) is 0 Å². The molecule has 1 N–H and O–H groups in total. The average Bonchev–Trinajstić information content (AvgIpc) is 2.75. The molecule has 0 aliphatic rings. The zero-order chi connectivity index (χ0) is 13.4. The van der Waals surface area contributed by atoms with E-state index in [0.717, 1.165) is 12.8 Å². The maximum absolute atomic E-state index is 11.9. The number of hydrogen-bond acceptors (Lipinski definition) is 3. The molecule has 104 valence electrons. The van der Waals surface area contributed by atoms with Crippen molar-refractivity contribution in [3.8, 4) is 0 Å². The maximum atomic E-state index is 11.9. The number of hydrogen-bond donors (Lipinski definition) is 1. The summed E-state index contributed by atoms with van der Waals surface area (Å²) < 4.78 is 27.5. The Morgan fingerprint density at radius 1 is 1.22 bits per heavy atom. The highest BCUT2D eigenvalue weighted by molar-refractivity contribution is 9.10. The van der Waals surface area contributed by atoms with Crippen molar-refractivity contribution in [1.82, 2.24) is 4.72 Å². The summed E-state index contributed by atoms with van der Waals surface area (Å²) in [6.07, 6.45) is 6.95. The molecule has 0 fully saturated rings. The van der Waals surface area contributed by atoms with Crippen molar-refractivity contribution in [1.29, 1.82) is 0 Å². The van der Waals surface area contributed by atoms with Gasteiger partial charge < -0.3 is 0 Å². The average molecular weight is 354 g/mol. The van der Waals surface area contributed by atoms with E-state index in [1.54, 1.807) is 11.4 Å². The Morgan fingerprint density at radius 2 is 1.89 bits per heavy atom. The quantitative estimate of drug-likeness (QED) is 0.677. The molecule has 0 aliphatic carbocycles. The molecule has 1 aromatic heterocycles. The van der Waals surface area contributed by atoms with E-state index in [-0.39, 0.29) is 0 Å². The molecule has 18 heavy (non-hydrogen) atoms. The molecule has 0 aliphatic heterocycles. The number of nitrogens with one attached hydrogen (secondary N) is 1. The van der Waals surface area contributed by atoms with Gasteiger partial charge in [-0.05, 0) is 33.8 Å². The monoisotopic (exact) mass is 353 g/mol. The van der Waals surface area contributed by atoms with Gasteiger partial charge in [-0.3, -0.25) is 0 Å². The van der Waals surface area contributed by atoms with Crippen molar-refractivity contribution < 1.29 is 8.42 Å². The fourth-order valence-electron chi connectivity index (χ4n) is 1.65. The summed E-state index contributed by atoms with van der Waals surface area (Å²) >= 11 is 4.48. The summed E-state index contributed by atoms with van der Waals surface area (Å²) in [5, 5.41) is 1.77. The van der Waals surface area contributed by atoms with Crippen molar-refractivity contribution in [2.75, 3.05) is 6.54 Å². The van der Waals surface area contributed by atoms with Crippen molar-refractivity contribution in [3.05, 3.63) is 15.9 Å². The zero-order valence-electron chi connectivity index (χ0n) is 10.6. The Kier molecular flexibility index (Phi) is 7.44. The molecular weight excluding hydrogens is 334 g/mol. The lowest BCUT2D eigenvalue weighted by molar-refractivity contribution is 0.569. The first-order chi connectivity index (χ1) is 8.58. The van der Waals surface area contributed by atoms with Crippen LogP contribution in [0.4, 0.5) is 0 Å². The molecule has 0 bridgehead atoms. The van der Waals surface area contributed by atoms with E-state index in [9.17, 15) is 8.42 Å². The number of halogens is 1. The van der Waals surface area contributed by atoms with Crippen LogP contribution in [0.2, 0.25) is 0 Å². The molecule has 6 heteroatoms. The van der Waals surface area contributed by atoms with E-state index in [4.69, 9.17) is 0 Å². The first kappa shape index (κ1) is 16.1. The summed E-state index contributed by atoms with van der Waals surface area (Å²) in [7, 11) is -3.32. The number of sulfonamides is 1. The Balaban J connectivity index is 2.25. The van der Waals surface area contributed by atoms with Crippen molar-refractivity contribution in [3.63, 3.8) is 0 Å². The number of unbranched alkanes of at least 4 members (excludes halogenated alkanes) is 5. The van der Waals surface area contributed by atoms with Gasteiger partial charge in [-0.25, -0.2) is 13.1 Å². The van der Waals surface area contributed by atoms with Gasteiger partial charge in [0.05, 0.1) is 0 Å². The summed E-state index contributed by atoms with van der Waals surface area (Å²) in [6, 6.07) is 1.75. The summed E-state index contributed by atoms with van der Waals surface area (Å²) in [4.78, 5) is 0. The predicted molar refractivity (Wildman–Crippen MR) is 80.6 cm³/mol. The third-order valence-electron chi connectivity index (χ3n) is 2.65. The van der Waals surface area contributed by atoms with E-state index in [0.29, 0.717) is 15.2 Å². The molecule has 0 atom stereocenters. The molecule has 1 rings (SSSR count). The maximum Gasteiger partial charge on any atom is 0.251 e. The van der Waals surface area contributed by atoms with E-state index in [1.807, 2.05) is 0 Å². The highest BCUT2D eigenvalue weighted by Gasteiger charge is 2.17. The Labute approximate surface area is 122 Å². The molecule has 0 unspecified atom stereocenters. The number of thiophene rings is 1. The van der Waals surface area contributed by atoms with Gasteiger partial charge in [0.2, 0.25) is 0 Å².